The molecule has 0 aliphatic rings. The van der Waals surface area contributed by atoms with E-state index in [4.69, 9.17) is 37.4 Å². The molecule has 9 heteroatoms. The highest BCUT2D eigenvalue weighted by Gasteiger charge is 2.16. The number of nitrogens with zero attached hydrogens (tertiary/aromatic N) is 1. The minimum absolute atomic E-state index is 0.118. The maximum Gasteiger partial charge on any atom is 0.230 e. The Morgan fingerprint density at radius 3 is 2.34 bits per heavy atom. The first-order valence-electron chi connectivity index (χ1n) is 8.44. The number of aromatic nitrogens is 1. The number of thiazole rings is 1. The molecule has 3 rings (SSSR count). The molecule has 1 N–H and O–H groups in total. The molecule has 0 aliphatic carbocycles. The molecule has 29 heavy (non-hydrogen) atoms. The van der Waals surface area contributed by atoms with Gasteiger partial charge in [0.1, 0.15) is 0 Å². The van der Waals surface area contributed by atoms with Crippen LogP contribution in [0.25, 0.3) is 11.3 Å². The maximum absolute atomic E-state index is 12.5. The second-order valence-electron chi connectivity index (χ2n) is 5.92. The standard InChI is InChI=1S/C20H18Cl2N2O4S/c1-26-16-6-11(7-17(27-2)19(16)28-3)8-18(25)24-20-23-15(10-29-20)13-5-4-12(21)9-14(13)22/h4-7,9-10H,8H2,1-3H3,(H,23,24,25). The summed E-state index contributed by atoms with van der Waals surface area (Å²) >= 11 is 13.5. The number of rotatable bonds is 7. The highest BCUT2D eigenvalue weighted by molar-refractivity contribution is 7.14. The summed E-state index contributed by atoms with van der Waals surface area (Å²) in [7, 11) is 4.58. The van der Waals surface area contributed by atoms with E-state index in [-0.39, 0.29) is 12.3 Å². The Morgan fingerprint density at radius 2 is 1.76 bits per heavy atom. The van der Waals surface area contributed by atoms with Crippen LogP contribution in [0.3, 0.4) is 0 Å². The largest absolute Gasteiger partial charge is 0.493 e. The molecule has 0 saturated carbocycles. The summed E-state index contributed by atoms with van der Waals surface area (Å²) in [6.07, 6.45) is 0.118. The summed E-state index contributed by atoms with van der Waals surface area (Å²) in [5.41, 5.74) is 2.13. The lowest BCUT2D eigenvalue weighted by Crippen LogP contribution is -2.14. The number of halogens is 2. The number of amides is 1. The molecule has 1 aromatic heterocycles. The molecule has 0 aliphatic heterocycles. The molecule has 152 valence electrons. The van der Waals surface area contributed by atoms with Crippen molar-refractivity contribution in [1.29, 1.82) is 0 Å². The zero-order valence-corrected chi connectivity index (χ0v) is 18.2. The third-order valence-electron chi connectivity index (χ3n) is 4.05. The Balaban J connectivity index is 1.74. The monoisotopic (exact) mass is 452 g/mol. The Morgan fingerprint density at radius 1 is 1.07 bits per heavy atom. The maximum atomic E-state index is 12.5. The third-order valence-corrected chi connectivity index (χ3v) is 5.35. The summed E-state index contributed by atoms with van der Waals surface area (Å²) in [6.45, 7) is 0. The van der Waals surface area contributed by atoms with Gasteiger partial charge in [0.25, 0.3) is 0 Å². The van der Waals surface area contributed by atoms with Gasteiger partial charge in [0.05, 0.1) is 38.5 Å². The zero-order chi connectivity index (χ0) is 21.0. The van der Waals surface area contributed by atoms with E-state index in [0.29, 0.717) is 38.1 Å². The fourth-order valence-corrected chi connectivity index (χ4v) is 3.97. The van der Waals surface area contributed by atoms with Gasteiger partial charge in [-0.25, -0.2) is 4.98 Å². The van der Waals surface area contributed by atoms with Crippen molar-refractivity contribution < 1.29 is 19.0 Å². The Labute approximate surface area is 182 Å². The van der Waals surface area contributed by atoms with E-state index in [1.54, 1.807) is 30.3 Å². The van der Waals surface area contributed by atoms with Crippen molar-refractivity contribution in [2.24, 2.45) is 0 Å². The molecule has 6 nitrogen and oxygen atoms in total. The van der Waals surface area contributed by atoms with Crippen molar-refractivity contribution in [2.45, 2.75) is 6.42 Å². The number of methoxy groups -OCH3 is 3. The van der Waals surface area contributed by atoms with Gasteiger partial charge in [0.2, 0.25) is 11.7 Å². The fraction of sp³-hybridized carbons (Fsp3) is 0.200. The first kappa shape index (κ1) is 21.2. The van der Waals surface area contributed by atoms with Gasteiger partial charge in [-0.3, -0.25) is 4.79 Å². The van der Waals surface area contributed by atoms with Crippen LogP contribution in [0.4, 0.5) is 5.13 Å². The van der Waals surface area contributed by atoms with Crippen molar-refractivity contribution in [3.05, 3.63) is 51.3 Å². The number of hydrogen-bond acceptors (Lipinski definition) is 6. The average molecular weight is 453 g/mol. The summed E-state index contributed by atoms with van der Waals surface area (Å²) in [5, 5.41) is 6.15. The van der Waals surface area contributed by atoms with Gasteiger partial charge in [-0.1, -0.05) is 23.2 Å². The van der Waals surface area contributed by atoms with Gasteiger partial charge >= 0.3 is 0 Å². The Kier molecular flexibility index (Phi) is 6.84. The van der Waals surface area contributed by atoms with Gasteiger partial charge in [-0.15, -0.1) is 11.3 Å². The highest BCUT2D eigenvalue weighted by atomic mass is 35.5. The van der Waals surface area contributed by atoms with E-state index in [1.165, 1.54) is 32.7 Å². The molecule has 0 bridgehead atoms. The first-order chi connectivity index (χ1) is 13.9. The van der Waals surface area contributed by atoms with E-state index in [2.05, 4.69) is 10.3 Å². The smallest absolute Gasteiger partial charge is 0.230 e. The molecule has 0 unspecified atom stereocenters. The molecule has 1 amide bonds. The van der Waals surface area contributed by atoms with Crippen LogP contribution in [0.2, 0.25) is 10.0 Å². The zero-order valence-electron chi connectivity index (χ0n) is 15.9. The predicted octanol–water partition coefficient (Wildman–Crippen LogP) is 5.32. The van der Waals surface area contributed by atoms with E-state index < -0.39 is 0 Å². The van der Waals surface area contributed by atoms with Crippen LogP contribution in [0.5, 0.6) is 17.2 Å². The molecule has 0 radical (unpaired) electrons. The number of ether oxygens (including phenoxy) is 3. The lowest BCUT2D eigenvalue weighted by atomic mass is 10.1. The second kappa shape index (κ2) is 9.35. The summed E-state index contributed by atoms with van der Waals surface area (Å²) in [4.78, 5) is 16.9. The lowest BCUT2D eigenvalue weighted by Gasteiger charge is -2.13. The van der Waals surface area contributed by atoms with Crippen molar-refractivity contribution in [3.63, 3.8) is 0 Å². The summed E-state index contributed by atoms with van der Waals surface area (Å²) in [5.74, 6) is 1.23. The summed E-state index contributed by atoms with van der Waals surface area (Å²) in [6, 6.07) is 8.66. The molecule has 2 aromatic carbocycles. The average Bonchev–Trinajstić information content (AvgIpc) is 3.14. The van der Waals surface area contributed by atoms with Crippen LogP contribution in [0.1, 0.15) is 5.56 Å². The third kappa shape index (κ3) is 4.93. The van der Waals surface area contributed by atoms with Gasteiger partial charge in [0.15, 0.2) is 16.6 Å². The van der Waals surface area contributed by atoms with E-state index in [1.807, 2.05) is 5.38 Å². The lowest BCUT2D eigenvalue weighted by molar-refractivity contribution is -0.115. The van der Waals surface area contributed by atoms with Gasteiger partial charge in [-0.2, -0.15) is 0 Å². The number of benzene rings is 2. The number of anilines is 1. The molecule has 0 spiro atoms. The number of carbonyl (C=O) groups excluding carboxylic acids is 1. The van der Waals surface area contributed by atoms with Crippen molar-refractivity contribution in [1.82, 2.24) is 4.98 Å². The molecule has 0 fully saturated rings. The van der Waals surface area contributed by atoms with Crippen molar-refractivity contribution >= 4 is 45.6 Å². The molecule has 0 atom stereocenters. The fourth-order valence-electron chi connectivity index (χ4n) is 2.74. The molecule has 0 saturated heterocycles. The SMILES string of the molecule is COc1cc(CC(=O)Nc2nc(-c3ccc(Cl)cc3Cl)cs2)cc(OC)c1OC. The second-order valence-corrected chi connectivity index (χ2v) is 7.62. The van der Waals surface area contributed by atoms with Crippen LogP contribution in [-0.2, 0) is 11.2 Å². The number of hydrogen-bond donors (Lipinski definition) is 1. The van der Waals surface area contributed by atoms with Crippen LogP contribution in [-0.4, -0.2) is 32.2 Å². The van der Waals surface area contributed by atoms with Crippen molar-refractivity contribution in [2.75, 3.05) is 26.6 Å². The predicted molar refractivity (Wildman–Crippen MR) is 116 cm³/mol. The highest BCUT2D eigenvalue weighted by Crippen LogP contribution is 2.38. The van der Waals surface area contributed by atoms with Crippen LogP contribution in [0.15, 0.2) is 35.7 Å². The van der Waals surface area contributed by atoms with E-state index in [0.717, 1.165) is 11.1 Å². The van der Waals surface area contributed by atoms with E-state index >= 15 is 0 Å². The minimum atomic E-state index is -0.220. The van der Waals surface area contributed by atoms with E-state index in [9.17, 15) is 4.79 Å². The Hall–Kier alpha value is -2.48. The normalized spacial score (nSPS) is 10.5. The van der Waals surface area contributed by atoms with Gasteiger partial charge < -0.3 is 19.5 Å². The summed E-state index contributed by atoms with van der Waals surface area (Å²) < 4.78 is 15.9. The van der Waals surface area contributed by atoms with Crippen LogP contribution >= 0.6 is 34.5 Å². The van der Waals surface area contributed by atoms with Crippen molar-refractivity contribution in [3.8, 4) is 28.5 Å². The first-order valence-corrected chi connectivity index (χ1v) is 10.1. The van der Waals surface area contributed by atoms with Gasteiger partial charge in [0, 0.05) is 16.0 Å². The number of carbonyl (C=O) groups is 1. The van der Waals surface area contributed by atoms with Crippen LogP contribution < -0.4 is 19.5 Å². The molecule has 1 heterocycles. The molecular formula is C20H18Cl2N2O4S. The Bertz CT molecular complexity index is 1010. The quantitative estimate of drug-likeness (QED) is 0.524. The molecular weight excluding hydrogens is 435 g/mol. The molecule has 3 aromatic rings. The minimum Gasteiger partial charge on any atom is -0.493 e. The number of nitrogens with one attached hydrogen (secondary N) is 1. The van der Waals surface area contributed by atoms with Gasteiger partial charge in [-0.05, 0) is 35.9 Å². The van der Waals surface area contributed by atoms with Crippen LogP contribution in [0, 0.1) is 0 Å². The topological polar surface area (TPSA) is 69.7 Å².